The first-order valence-corrected chi connectivity index (χ1v) is 7.26. The SMILES string of the molecule is CC1=CC(C)=C(COc2cccc(CC(=O)O)c2)C(C)C1. The molecule has 0 aromatic heterocycles. The first-order valence-electron chi connectivity index (χ1n) is 7.26. The third kappa shape index (κ3) is 4.22. The molecule has 0 bridgehead atoms. The molecule has 0 heterocycles. The molecule has 0 radical (unpaired) electrons. The van der Waals surface area contributed by atoms with Crippen molar-refractivity contribution >= 4 is 5.97 Å². The maximum absolute atomic E-state index is 10.7. The molecule has 0 saturated carbocycles. The summed E-state index contributed by atoms with van der Waals surface area (Å²) >= 11 is 0. The quantitative estimate of drug-likeness (QED) is 0.890. The number of allylic oxidation sites excluding steroid dienone is 3. The van der Waals surface area contributed by atoms with E-state index in [1.165, 1.54) is 16.7 Å². The molecule has 1 unspecified atom stereocenters. The normalized spacial score (nSPS) is 18.4. The third-order valence-electron chi connectivity index (χ3n) is 3.84. The van der Waals surface area contributed by atoms with Crippen molar-refractivity contribution < 1.29 is 14.6 Å². The molecule has 2 rings (SSSR count). The van der Waals surface area contributed by atoms with Gasteiger partial charge in [-0.1, -0.05) is 30.7 Å². The molecular weight excluding hydrogens is 264 g/mol. The lowest BCUT2D eigenvalue weighted by atomic mass is 9.85. The number of ether oxygens (including phenoxy) is 1. The fourth-order valence-corrected chi connectivity index (χ4v) is 2.85. The van der Waals surface area contributed by atoms with Crippen LogP contribution >= 0.6 is 0 Å². The predicted molar refractivity (Wildman–Crippen MR) is 83.5 cm³/mol. The van der Waals surface area contributed by atoms with E-state index in [4.69, 9.17) is 9.84 Å². The van der Waals surface area contributed by atoms with Crippen molar-refractivity contribution in [2.24, 2.45) is 5.92 Å². The molecule has 3 heteroatoms. The van der Waals surface area contributed by atoms with Crippen molar-refractivity contribution in [1.29, 1.82) is 0 Å². The highest BCUT2D eigenvalue weighted by molar-refractivity contribution is 5.70. The molecule has 1 N–H and O–H groups in total. The van der Waals surface area contributed by atoms with Gasteiger partial charge >= 0.3 is 5.97 Å². The Balaban J connectivity index is 2.06. The van der Waals surface area contributed by atoms with Crippen LogP contribution in [0.3, 0.4) is 0 Å². The molecular formula is C18H22O3. The summed E-state index contributed by atoms with van der Waals surface area (Å²) in [6.45, 7) is 7.07. The Kier molecular flexibility index (Phi) is 4.84. The van der Waals surface area contributed by atoms with Crippen molar-refractivity contribution in [1.82, 2.24) is 0 Å². The van der Waals surface area contributed by atoms with Gasteiger partial charge in [0.15, 0.2) is 0 Å². The van der Waals surface area contributed by atoms with Gasteiger partial charge in [0.1, 0.15) is 12.4 Å². The number of carbonyl (C=O) groups is 1. The van der Waals surface area contributed by atoms with Gasteiger partial charge in [-0.05, 0) is 55.0 Å². The van der Waals surface area contributed by atoms with E-state index >= 15 is 0 Å². The van der Waals surface area contributed by atoms with Gasteiger partial charge < -0.3 is 9.84 Å². The zero-order valence-electron chi connectivity index (χ0n) is 12.8. The number of hydrogen-bond acceptors (Lipinski definition) is 2. The third-order valence-corrected chi connectivity index (χ3v) is 3.84. The monoisotopic (exact) mass is 286 g/mol. The topological polar surface area (TPSA) is 46.5 Å². The number of hydrogen-bond donors (Lipinski definition) is 1. The van der Waals surface area contributed by atoms with Crippen molar-refractivity contribution in [2.45, 2.75) is 33.6 Å². The summed E-state index contributed by atoms with van der Waals surface area (Å²) in [4.78, 5) is 10.7. The second kappa shape index (κ2) is 6.61. The average molecular weight is 286 g/mol. The molecule has 1 atom stereocenters. The van der Waals surface area contributed by atoms with Crippen LogP contribution in [-0.2, 0) is 11.2 Å². The number of carboxylic acids is 1. The Hall–Kier alpha value is -2.03. The van der Waals surface area contributed by atoms with E-state index in [-0.39, 0.29) is 6.42 Å². The molecule has 0 amide bonds. The van der Waals surface area contributed by atoms with Gasteiger partial charge in [0, 0.05) is 0 Å². The van der Waals surface area contributed by atoms with Crippen molar-refractivity contribution in [2.75, 3.05) is 6.61 Å². The molecule has 0 spiro atoms. The van der Waals surface area contributed by atoms with Gasteiger partial charge in [-0.2, -0.15) is 0 Å². The minimum Gasteiger partial charge on any atom is -0.489 e. The number of carboxylic acid groups (broad SMARTS) is 1. The van der Waals surface area contributed by atoms with E-state index in [0.717, 1.165) is 17.7 Å². The van der Waals surface area contributed by atoms with Gasteiger partial charge in [0.25, 0.3) is 0 Å². The maximum atomic E-state index is 10.7. The molecule has 112 valence electrons. The van der Waals surface area contributed by atoms with Crippen LogP contribution in [0.5, 0.6) is 5.75 Å². The molecule has 21 heavy (non-hydrogen) atoms. The number of rotatable bonds is 5. The van der Waals surface area contributed by atoms with E-state index in [2.05, 4.69) is 26.8 Å². The zero-order valence-corrected chi connectivity index (χ0v) is 12.8. The molecule has 0 saturated heterocycles. The van der Waals surface area contributed by atoms with E-state index in [0.29, 0.717) is 12.5 Å². The molecule has 1 aromatic rings. The second-order valence-corrected chi connectivity index (χ2v) is 5.81. The predicted octanol–water partition coefficient (Wildman–Crippen LogP) is 4.00. The summed E-state index contributed by atoms with van der Waals surface area (Å²) in [6, 6.07) is 7.32. The van der Waals surface area contributed by atoms with E-state index in [1.54, 1.807) is 12.1 Å². The number of benzene rings is 1. The summed E-state index contributed by atoms with van der Waals surface area (Å²) in [5.41, 5.74) is 4.78. The fourth-order valence-electron chi connectivity index (χ4n) is 2.85. The molecule has 1 aliphatic rings. The van der Waals surface area contributed by atoms with E-state index in [1.807, 2.05) is 12.1 Å². The minimum absolute atomic E-state index is 0.0251. The van der Waals surface area contributed by atoms with Crippen LogP contribution in [0.4, 0.5) is 0 Å². The van der Waals surface area contributed by atoms with Gasteiger partial charge in [-0.25, -0.2) is 0 Å². The summed E-state index contributed by atoms with van der Waals surface area (Å²) in [7, 11) is 0. The first kappa shape index (κ1) is 15.4. The van der Waals surface area contributed by atoms with Crippen LogP contribution < -0.4 is 4.74 Å². The summed E-state index contributed by atoms with van der Waals surface area (Å²) in [6.07, 6.45) is 3.33. The lowest BCUT2D eigenvalue weighted by Gasteiger charge is -2.23. The van der Waals surface area contributed by atoms with Gasteiger partial charge in [0.2, 0.25) is 0 Å². The highest BCUT2D eigenvalue weighted by atomic mass is 16.5. The summed E-state index contributed by atoms with van der Waals surface area (Å²) < 4.78 is 5.86. The summed E-state index contributed by atoms with van der Waals surface area (Å²) in [5.74, 6) is 0.400. The molecule has 1 aliphatic carbocycles. The fraction of sp³-hybridized carbons (Fsp3) is 0.389. The van der Waals surface area contributed by atoms with Crippen LogP contribution in [0, 0.1) is 5.92 Å². The Labute approximate surface area is 125 Å². The van der Waals surface area contributed by atoms with E-state index in [9.17, 15) is 4.79 Å². The Morgan fingerprint density at radius 3 is 2.81 bits per heavy atom. The molecule has 1 aromatic carbocycles. The maximum Gasteiger partial charge on any atom is 0.307 e. The van der Waals surface area contributed by atoms with Crippen LogP contribution in [0.2, 0.25) is 0 Å². The van der Waals surface area contributed by atoms with Gasteiger partial charge in [-0.15, -0.1) is 0 Å². The highest BCUT2D eigenvalue weighted by Gasteiger charge is 2.17. The highest BCUT2D eigenvalue weighted by Crippen LogP contribution is 2.29. The largest absolute Gasteiger partial charge is 0.489 e. The number of aliphatic carboxylic acids is 1. The van der Waals surface area contributed by atoms with Crippen molar-refractivity contribution in [3.63, 3.8) is 0 Å². The van der Waals surface area contributed by atoms with Crippen molar-refractivity contribution in [3.8, 4) is 5.75 Å². The Bertz CT molecular complexity index is 596. The Morgan fingerprint density at radius 1 is 1.38 bits per heavy atom. The minimum atomic E-state index is -0.827. The van der Waals surface area contributed by atoms with Crippen LogP contribution in [0.1, 0.15) is 32.8 Å². The lowest BCUT2D eigenvalue weighted by Crippen LogP contribution is -2.14. The molecule has 0 fully saturated rings. The standard InChI is InChI=1S/C18H22O3/c1-12-7-13(2)17(14(3)8-12)11-21-16-6-4-5-15(9-16)10-18(19)20/h4-7,9,14H,8,10-11H2,1-3H3,(H,19,20). The molecule has 3 nitrogen and oxygen atoms in total. The van der Waals surface area contributed by atoms with Crippen LogP contribution in [0.25, 0.3) is 0 Å². The first-order chi connectivity index (χ1) is 9.95. The second-order valence-electron chi connectivity index (χ2n) is 5.81. The van der Waals surface area contributed by atoms with Crippen molar-refractivity contribution in [3.05, 3.63) is 52.6 Å². The van der Waals surface area contributed by atoms with E-state index < -0.39 is 5.97 Å². The van der Waals surface area contributed by atoms with Gasteiger partial charge in [-0.3, -0.25) is 4.79 Å². The Morgan fingerprint density at radius 2 is 2.14 bits per heavy atom. The lowest BCUT2D eigenvalue weighted by molar-refractivity contribution is -0.136. The summed E-state index contributed by atoms with van der Waals surface area (Å²) in [5, 5.41) is 8.83. The smallest absolute Gasteiger partial charge is 0.307 e. The average Bonchev–Trinajstić information content (AvgIpc) is 2.37. The van der Waals surface area contributed by atoms with Crippen LogP contribution in [0.15, 0.2) is 47.1 Å². The zero-order chi connectivity index (χ0) is 15.4. The molecule has 0 aliphatic heterocycles. The van der Waals surface area contributed by atoms with Gasteiger partial charge in [0.05, 0.1) is 6.42 Å². The van der Waals surface area contributed by atoms with Crippen LogP contribution in [-0.4, -0.2) is 17.7 Å².